The molecule has 0 aliphatic heterocycles. The number of aliphatic hydroxyl groups excluding tert-OH is 1. The number of unbranched alkanes of at least 4 members (excludes halogenated alkanes) is 1. The van der Waals surface area contributed by atoms with Crippen LogP contribution in [0.15, 0.2) is 54.6 Å². The Morgan fingerprint density at radius 2 is 1.53 bits per heavy atom. The molecule has 0 aliphatic rings. The third-order valence-corrected chi connectivity index (χ3v) is 5.90. The van der Waals surface area contributed by atoms with Gasteiger partial charge in [-0.3, -0.25) is 9.59 Å². The van der Waals surface area contributed by atoms with Crippen molar-refractivity contribution in [3.63, 3.8) is 0 Å². The predicted molar refractivity (Wildman–Crippen MR) is 126 cm³/mol. The molecule has 2 unspecified atom stereocenters. The highest BCUT2D eigenvalue weighted by Gasteiger charge is 2.25. The van der Waals surface area contributed by atoms with E-state index in [4.69, 9.17) is 14.6 Å². The summed E-state index contributed by atoms with van der Waals surface area (Å²) in [7, 11) is 0. The number of carbonyl (C=O) groups excluding carboxylic acids is 2. The molecule has 0 fully saturated rings. The maximum Gasteiger partial charge on any atom is 0.309 e. The molecule has 1 N–H and O–H groups in total. The molecule has 0 bridgehead atoms. The minimum Gasteiger partial charge on any atom is -0.465 e. The molecule has 3 rings (SSSR count). The number of ether oxygens (including phenoxy) is 2. The normalized spacial score (nSPS) is 13.1. The third kappa shape index (κ3) is 5.86. The van der Waals surface area contributed by atoms with E-state index in [2.05, 4.69) is 18.2 Å². The second kappa shape index (κ2) is 11.6. The van der Waals surface area contributed by atoms with Gasteiger partial charge in [0, 0.05) is 12.2 Å². The minimum absolute atomic E-state index is 0.0869. The summed E-state index contributed by atoms with van der Waals surface area (Å²) >= 11 is 0. The molecule has 2 atom stereocenters. The van der Waals surface area contributed by atoms with Crippen LogP contribution in [0, 0.1) is 11.8 Å². The van der Waals surface area contributed by atoms with E-state index in [1.54, 1.807) is 6.92 Å². The van der Waals surface area contributed by atoms with E-state index in [1.165, 1.54) is 0 Å². The summed E-state index contributed by atoms with van der Waals surface area (Å²) in [5, 5.41) is 13.2. The lowest BCUT2D eigenvalue weighted by molar-refractivity contribution is -0.153. The van der Waals surface area contributed by atoms with Crippen molar-refractivity contribution in [2.24, 2.45) is 11.8 Å². The first-order valence-corrected chi connectivity index (χ1v) is 11.4. The first-order chi connectivity index (χ1) is 15.5. The number of hydrogen-bond donors (Lipinski definition) is 1. The first kappa shape index (κ1) is 23.7. The van der Waals surface area contributed by atoms with Crippen molar-refractivity contribution >= 4 is 33.5 Å². The van der Waals surface area contributed by atoms with E-state index in [0.717, 1.165) is 27.1 Å². The summed E-state index contributed by atoms with van der Waals surface area (Å²) in [6.07, 6.45) is 2.24. The minimum atomic E-state index is -0.411. The SMILES string of the molecule is CCC(CC(C)C(=O)OCc1c2ccccc2cc2ccccc12)C(=O)OCCCCO. The Hall–Kier alpha value is -2.92. The molecule has 170 valence electrons. The summed E-state index contributed by atoms with van der Waals surface area (Å²) < 4.78 is 11.0. The number of benzene rings is 3. The zero-order valence-electron chi connectivity index (χ0n) is 18.9. The highest BCUT2D eigenvalue weighted by atomic mass is 16.5. The molecular formula is C27H32O5. The van der Waals surface area contributed by atoms with Crippen molar-refractivity contribution in [3.05, 3.63) is 60.2 Å². The number of hydrogen-bond acceptors (Lipinski definition) is 5. The Morgan fingerprint density at radius 1 is 0.906 bits per heavy atom. The van der Waals surface area contributed by atoms with Crippen molar-refractivity contribution in [3.8, 4) is 0 Å². The van der Waals surface area contributed by atoms with E-state index < -0.39 is 5.92 Å². The van der Waals surface area contributed by atoms with Gasteiger partial charge in [-0.25, -0.2) is 0 Å². The van der Waals surface area contributed by atoms with Gasteiger partial charge in [0.2, 0.25) is 0 Å². The lowest BCUT2D eigenvalue weighted by Crippen LogP contribution is -2.24. The van der Waals surface area contributed by atoms with E-state index in [0.29, 0.717) is 32.3 Å². The molecule has 0 radical (unpaired) electrons. The Labute approximate surface area is 189 Å². The molecule has 3 aromatic rings. The topological polar surface area (TPSA) is 72.8 Å². The lowest BCUT2D eigenvalue weighted by Gasteiger charge is -2.19. The smallest absolute Gasteiger partial charge is 0.309 e. The number of fused-ring (bicyclic) bond motifs is 2. The highest BCUT2D eigenvalue weighted by Crippen LogP contribution is 2.29. The van der Waals surface area contributed by atoms with Crippen LogP contribution in [0.25, 0.3) is 21.5 Å². The van der Waals surface area contributed by atoms with E-state index in [9.17, 15) is 9.59 Å². The molecule has 32 heavy (non-hydrogen) atoms. The maximum atomic E-state index is 12.8. The molecule has 0 saturated heterocycles. The third-order valence-electron chi connectivity index (χ3n) is 5.90. The molecule has 0 heterocycles. The number of rotatable bonds is 11. The monoisotopic (exact) mass is 436 g/mol. The molecular weight excluding hydrogens is 404 g/mol. The summed E-state index contributed by atoms with van der Waals surface area (Å²) in [4.78, 5) is 25.1. The predicted octanol–water partition coefficient (Wildman–Crippen LogP) is 5.40. The van der Waals surface area contributed by atoms with Crippen molar-refractivity contribution in [2.75, 3.05) is 13.2 Å². The van der Waals surface area contributed by atoms with Crippen LogP contribution in [0.4, 0.5) is 0 Å². The zero-order chi connectivity index (χ0) is 22.9. The number of esters is 2. The fourth-order valence-electron chi connectivity index (χ4n) is 4.01. The van der Waals surface area contributed by atoms with Gasteiger partial charge in [0.15, 0.2) is 0 Å². The Morgan fingerprint density at radius 3 is 2.12 bits per heavy atom. The molecule has 0 amide bonds. The summed E-state index contributed by atoms with van der Waals surface area (Å²) in [6, 6.07) is 18.4. The second-order valence-corrected chi connectivity index (χ2v) is 8.25. The molecule has 0 aliphatic carbocycles. The van der Waals surface area contributed by atoms with Crippen molar-refractivity contribution < 1.29 is 24.2 Å². The van der Waals surface area contributed by atoms with E-state index in [1.807, 2.05) is 43.3 Å². The van der Waals surface area contributed by atoms with Gasteiger partial charge in [-0.05, 0) is 53.3 Å². The largest absolute Gasteiger partial charge is 0.465 e. The van der Waals surface area contributed by atoms with Crippen LogP contribution in [0.5, 0.6) is 0 Å². The van der Waals surface area contributed by atoms with Gasteiger partial charge < -0.3 is 14.6 Å². The molecule has 0 aromatic heterocycles. The molecule has 5 nitrogen and oxygen atoms in total. The van der Waals surface area contributed by atoms with Crippen LogP contribution < -0.4 is 0 Å². The average Bonchev–Trinajstić information content (AvgIpc) is 2.82. The summed E-state index contributed by atoms with van der Waals surface area (Å²) in [6.45, 7) is 4.28. The quantitative estimate of drug-likeness (QED) is 0.247. The van der Waals surface area contributed by atoms with Gasteiger partial charge in [-0.15, -0.1) is 0 Å². The van der Waals surface area contributed by atoms with E-state index in [-0.39, 0.29) is 31.1 Å². The average molecular weight is 437 g/mol. The molecule has 0 saturated carbocycles. The van der Waals surface area contributed by atoms with Crippen LogP contribution in [0.2, 0.25) is 0 Å². The maximum absolute atomic E-state index is 12.8. The van der Waals surface area contributed by atoms with Gasteiger partial charge in [0.25, 0.3) is 0 Å². The van der Waals surface area contributed by atoms with Gasteiger partial charge >= 0.3 is 11.9 Å². The fraction of sp³-hybridized carbons (Fsp3) is 0.407. The zero-order valence-corrected chi connectivity index (χ0v) is 18.9. The number of carbonyl (C=O) groups is 2. The Kier molecular flexibility index (Phi) is 8.63. The van der Waals surface area contributed by atoms with Crippen LogP contribution >= 0.6 is 0 Å². The fourth-order valence-corrected chi connectivity index (χ4v) is 4.01. The molecule has 3 aromatic carbocycles. The highest BCUT2D eigenvalue weighted by molar-refractivity contribution is 6.02. The van der Waals surface area contributed by atoms with Gasteiger partial charge in [-0.2, -0.15) is 0 Å². The van der Waals surface area contributed by atoms with Crippen LogP contribution in [0.3, 0.4) is 0 Å². The standard InChI is InChI=1S/C27H32O5/c1-3-20(27(30)31-15-9-8-14-28)16-19(2)26(29)32-18-25-23-12-6-4-10-21(23)17-22-11-5-7-13-24(22)25/h4-7,10-13,17,19-20,28H,3,8-9,14-16,18H2,1-2H3. The first-order valence-electron chi connectivity index (χ1n) is 11.4. The summed E-state index contributed by atoms with van der Waals surface area (Å²) in [5.74, 6) is -1.35. The van der Waals surface area contributed by atoms with Gasteiger partial charge in [0.05, 0.1) is 18.4 Å². The van der Waals surface area contributed by atoms with E-state index >= 15 is 0 Å². The Bertz CT molecular complexity index is 1000. The lowest BCUT2D eigenvalue weighted by atomic mass is 9.93. The summed E-state index contributed by atoms with van der Waals surface area (Å²) in [5.41, 5.74) is 0.995. The van der Waals surface area contributed by atoms with Crippen LogP contribution in [-0.2, 0) is 25.7 Å². The van der Waals surface area contributed by atoms with Crippen molar-refractivity contribution in [1.82, 2.24) is 0 Å². The van der Waals surface area contributed by atoms with Crippen molar-refractivity contribution in [1.29, 1.82) is 0 Å². The van der Waals surface area contributed by atoms with Gasteiger partial charge in [0.1, 0.15) is 6.61 Å². The van der Waals surface area contributed by atoms with Crippen LogP contribution in [0.1, 0.15) is 45.1 Å². The molecule has 5 heteroatoms. The second-order valence-electron chi connectivity index (χ2n) is 8.25. The molecule has 0 spiro atoms. The van der Waals surface area contributed by atoms with Crippen molar-refractivity contribution in [2.45, 2.75) is 46.1 Å². The number of aliphatic hydroxyl groups is 1. The Balaban J connectivity index is 1.66. The van der Waals surface area contributed by atoms with Gasteiger partial charge in [-0.1, -0.05) is 62.4 Å². The van der Waals surface area contributed by atoms with Crippen LogP contribution in [-0.4, -0.2) is 30.3 Å².